The molecule has 0 saturated carbocycles. The molecule has 2 aromatic rings. The summed E-state index contributed by atoms with van der Waals surface area (Å²) in [7, 11) is 3.02. The van der Waals surface area contributed by atoms with Crippen LogP contribution in [0.25, 0.3) is 5.70 Å². The molecule has 0 bridgehead atoms. The number of ether oxygens (including phenoxy) is 2. The molecule has 4 heterocycles. The summed E-state index contributed by atoms with van der Waals surface area (Å²) in [5.41, 5.74) is 2.29. The molecule has 0 aromatic carbocycles. The number of carbonyl (C=O) groups is 1. The minimum atomic E-state index is -4.41. The first kappa shape index (κ1) is 22.7. The van der Waals surface area contributed by atoms with E-state index in [4.69, 9.17) is 9.47 Å². The van der Waals surface area contributed by atoms with E-state index in [2.05, 4.69) is 15.4 Å². The highest BCUT2D eigenvalue weighted by atomic mass is 19.4. The Bertz CT molecular complexity index is 1170. The number of methoxy groups -OCH3 is 2. The van der Waals surface area contributed by atoms with E-state index in [1.54, 1.807) is 12.3 Å². The molecule has 4 rings (SSSR count). The molecule has 2 aliphatic heterocycles. The minimum Gasteiger partial charge on any atom is -0.491 e. The van der Waals surface area contributed by atoms with Gasteiger partial charge in [0.1, 0.15) is 6.54 Å². The lowest BCUT2D eigenvalue weighted by Crippen LogP contribution is -2.52. The fourth-order valence-electron chi connectivity index (χ4n) is 4.46. The number of aromatic nitrogens is 3. The van der Waals surface area contributed by atoms with Crippen LogP contribution in [0.15, 0.2) is 41.9 Å². The molecule has 0 aliphatic carbocycles. The van der Waals surface area contributed by atoms with E-state index in [1.807, 2.05) is 26.8 Å². The van der Waals surface area contributed by atoms with Gasteiger partial charge in [0.05, 0.1) is 37.7 Å². The number of nitrogens with one attached hydrogen (secondary N) is 1. The summed E-state index contributed by atoms with van der Waals surface area (Å²) in [5.74, 6) is 0.537. The predicted octanol–water partition coefficient (Wildman–Crippen LogP) is 3.31. The van der Waals surface area contributed by atoms with Crippen molar-refractivity contribution in [2.24, 2.45) is 0 Å². The second-order valence-electron chi connectivity index (χ2n) is 8.24. The molecule has 2 aliphatic rings. The number of carbonyl (C=O) groups excluding carboxylic acids is 1. The van der Waals surface area contributed by atoms with E-state index < -0.39 is 24.3 Å². The zero-order chi connectivity index (χ0) is 24.1. The lowest BCUT2D eigenvalue weighted by Gasteiger charge is -2.37. The molecule has 2 atom stereocenters. The molecular formula is C22H24F3N5O3. The summed E-state index contributed by atoms with van der Waals surface area (Å²) in [4.78, 5) is 19.1. The van der Waals surface area contributed by atoms with Crippen LogP contribution in [-0.2, 0) is 11.3 Å². The van der Waals surface area contributed by atoms with E-state index in [-0.39, 0.29) is 5.91 Å². The average molecular weight is 463 g/mol. The average Bonchev–Trinajstić information content (AvgIpc) is 3.26. The number of anilines is 1. The number of rotatable bonds is 5. The fourth-order valence-corrected chi connectivity index (χ4v) is 4.46. The van der Waals surface area contributed by atoms with Gasteiger partial charge in [-0.1, -0.05) is 0 Å². The van der Waals surface area contributed by atoms with Gasteiger partial charge in [0.25, 0.3) is 11.8 Å². The van der Waals surface area contributed by atoms with Crippen LogP contribution >= 0.6 is 0 Å². The second-order valence-corrected chi connectivity index (χ2v) is 8.24. The molecule has 1 amide bonds. The summed E-state index contributed by atoms with van der Waals surface area (Å²) in [5, 5.41) is 7.24. The Labute approximate surface area is 188 Å². The summed E-state index contributed by atoms with van der Waals surface area (Å²) >= 11 is 0. The van der Waals surface area contributed by atoms with Crippen molar-refractivity contribution >= 4 is 17.3 Å². The normalized spacial score (nSPS) is 22.8. The highest BCUT2D eigenvalue weighted by Crippen LogP contribution is 2.43. The molecule has 33 heavy (non-hydrogen) atoms. The Morgan fingerprint density at radius 1 is 1.24 bits per heavy atom. The Hall–Kier alpha value is -3.50. The summed E-state index contributed by atoms with van der Waals surface area (Å²) in [6.07, 6.45) is 1.61. The van der Waals surface area contributed by atoms with Crippen molar-refractivity contribution in [3.05, 3.63) is 47.4 Å². The first-order valence-corrected chi connectivity index (χ1v) is 10.2. The molecule has 11 heteroatoms. The van der Waals surface area contributed by atoms with Crippen LogP contribution in [0.3, 0.4) is 0 Å². The zero-order valence-electron chi connectivity index (χ0n) is 18.8. The number of halogens is 3. The number of hydrogen-bond donors (Lipinski definition) is 1. The van der Waals surface area contributed by atoms with Crippen molar-refractivity contribution in [2.45, 2.75) is 45.1 Å². The molecule has 0 radical (unpaired) electrons. The summed E-state index contributed by atoms with van der Waals surface area (Å²) in [6.45, 7) is 4.36. The van der Waals surface area contributed by atoms with Gasteiger partial charge in [-0.05, 0) is 38.5 Å². The lowest BCUT2D eigenvalue weighted by molar-refractivity contribution is -0.142. The molecular weight excluding hydrogens is 439 g/mol. The third kappa shape index (κ3) is 3.81. The highest BCUT2D eigenvalue weighted by molar-refractivity contribution is 6.12. The molecule has 1 N–H and O–H groups in total. The van der Waals surface area contributed by atoms with Crippen LogP contribution < -0.4 is 19.7 Å². The fraction of sp³-hybridized carbons (Fsp3) is 0.409. The van der Waals surface area contributed by atoms with Gasteiger partial charge >= 0.3 is 6.18 Å². The number of nitrogens with zero attached hydrogens (tertiary/aromatic N) is 4. The third-order valence-corrected chi connectivity index (χ3v) is 6.11. The van der Waals surface area contributed by atoms with Gasteiger partial charge in [0, 0.05) is 29.2 Å². The predicted molar refractivity (Wildman–Crippen MR) is 115 cm³/mol. The van der Waals surface area contributed by atoms with Crippen molar-refractivity contribution in [1.82, 2.24) is 20.1 Å². The third-order valence-electron chi connectivity index (χ3n) is 6.11. The first-order valence-electron chi connectivity index (χ1n) is 10.2. The van der Waals surface area contributed by atoms with Gasteiger partial charge in [-0.2, -0.15) is 18.3 Å². The van der Waals surface area contributed by atoms with Gasteiger partial charge in [-0.25, -0.2) is 4.98 Å². The van der Waals surface area contributed by atoms with Gasteiger partial charge < -0.3 is 14.8 Å². The SMILES string of the molecule is COc1cc(C2=CC(C)=C3C(=O)N(c4cnn(CC(F)(F)F)c4)C(C)C3(C)N2)cnc1OC. The van der Waals surface area contributed by atoms with Gasteiger partial charge in [-0.15, -0.1) is 0 Å². The van der Waals surface area contributed by atoms with Crippen LogP contribution in [0.4, 0.5) is 18.9 Å². The number of hydrogen-bond acceptors (Lipinski definition) is 6. The van der Waals surface area contributed by atoms with Crippen molar-refractivity contribution in [3.8, 4) is 11.6 Å². The second kappa shape index (κ2) is 7.82. The van der Waals surface area contributed by atoms with Crippen LogP contribution in [0.5, 0.6) is 11.6 Å². The van der Waals surface area contributed by atoms with E-state index in [0.717, 1.165) is 21.5 Å². The first-order chi connectivity index (χ1) is 15.5. The molecule has 0 spiro atoms. The van der Waals surface area contributed by atoms with Crippen molar-refractivity contribution in [2.75, 3.05) is 19.1 Å². The van der Waals surface area contributed by atoms with Crippen LogP contribution in [-0.4, -0.2) is 52.6 Å². The number of amides is 1. The number of allylic oxidation sites excluding steroid dienone is 2. The summed E-state index contributed by atoms with van der Waals surface area (Å²) < 4.78 is 49.6. The van der Waals surface area contributed by atoms with Gasteiger partial charge in [-0.3, -0.25) is 14.4 Å². The smallest absolute Gasteiger partial charge is 0.408 e. The van der Waals surface area contributed by atoms with Crippen LogP contribution in [0, 0.1) is 0 Å². The molecule has 1 fully saturated rings. The van der Waals surface area contributed by atoms with Gasteiger partial charge in [0.15, 0.2) is 5.75 Å². The van der Waals surface area contributed by atoms with Crippen molar-refractivity contribution in [3.63, 3.8) is 0 Å². The maximum absolute atomic E-state index is 13.4. The molecule has 1 saturated heterocycles. The van der Waals surface area contributed by atoms with E-state index in [0.29, 0.717) is 22.9 Å². The van der Waals surface area contributed by atoms with Crippen LogP contribution in [0.2, 0.25) is 0 Å². The molecule has 176 valence electrons. The zero-order valence-corrected chi connectivity index (χ0v) is 18.8. The number of alkyl halides is 3. The molecule has 2 aromatic heterocycles. The largest absolute Gasteiger partial charge is 0.491 e. The number of fused-ring (bicyclic) bond motifs is 1. The Morgan fingerprint density at radius 3 is 2.61 bits per heavy atom. The number of dihydropyridines is 1. The van der Waals surface area contributed by atoms with E-state index in [9.17, 15) is 18.0 Å². The quantitative estimate of drug-likeness (QED) is 0.733. The summed E-state index contributed by atoms with van der Waals surface area (Å²) in [6, 6.07) is 1.38. The van der Waals surface area contributed by atoms with E-state index >= 15 is 0 Å². The lowest BCUT2D eigenvalue weighted by atomic mass is 9.82. The Balaban J connectivity index is 1.68. The van der Waals surface area contributed by atoms with Crippen LogP contribution in [0.1, 0.15) is 26.3 Å². The maximum atomic E-state index is 13.4. The highest BCUT2D eigenvalue weighted by Gasteiger charge is 2.53. The Kier molecular flexibility index (Phi) is 5.38. The van der Waals surface area contributed by atoms with E-state index in [1.165, 1.54) is 31.5 Å². The Morgan fingerprint density at radius 2 is 1.97 bits per heavy atom. The van der Waals surface area contributed by atoms with Crippen molar-refractivity contribution < 1.29 is 27.4 Å². The van der Waals surface area contributed by atoms with Crippen molar-refractivity contribution in [1.29, 1.82) is 0 Å². The maximum Gasteiger partial charge on any atom is 0.408 e. The number of pyridine rings is 1. The monoisotopic (exact) mass is 463 g/mol. The van der Waals surface area contributed by atoms with Gasteiger partial charge in [0.2, 0.25) is 0 Å². The molecule has 2 unspecified atom stereocenters. The molecule has 8 nitrogen and oxygen atoms in total. The topological polar surface area (TPSA) is 81.5 Å². The standard InChI is InChI=1S/C22H24F3N5O3/c1-12-6-16(14-7-17(32-4)19(33-5)26-8-14)28-21(3)13(2)30(20(31)18(12)21)15-9-27-29(10-15)11-22(23,24)25/h6-10,13,28H,11H2,1-5H3. The minimum absolute atomic E-state index is 0.276.